The standard InChI is InChI=1S/C29H28N4O3/c1-19-3-8-22(9-4-19)28-31-27(36-32-28)14-13-26(34)30-18-21-7-12-25-24(17-21)15-16-33(25)29(35)23-10-5-20(2)6-11-23/h3-12,17H,13-16,18H2,1-2H3,(H,30,34). The Labute approximate surface area is 210 Å². The van der Waals surface area contributed by atoms with E-state index in [4.69, 9.17) is 4.52 Å². The number of fused-ring (bicyclic) bond motifs is 1. The Morgan fingerprint density at radius 3 is 2.44 bits per heavy atom. The van der Waals surface area contributed by atoms with Crippen molar-refractivity contribution in [2.75, 3.05) is 11.4 Å². The van der Waals surface area contributed by atoms with E-state index < -0.39 is 0 Å². The molecule has 0 unspecified atom stereocenters. The Hall–Kier alpha value is -4.26. The number of hydrogen-bond donors (Lipinski definition) is 1. The van der Waals surface area contributed by atoms with Gasteiger partial charge in [0.25, 0.3) is 5.91 Å². The SMILES string of the molecule is Cc1ccc(C(=O)N2CCc3cc(CNC(=O)CCc4nc(-c5ccc(C)cc5)no4)ccc32)cc1. The van der Waals surface area contributed by atoms with Gasteiger partial charge < -0.3 is 14.7 Å². The summed E-state index contributed by atoms with van der Waals surface area (Å²) < 4.78 is 5.31. The lowest BCUT2D eigenvalue weighted by Crippen LogP contribution is -2.28. The second-order valence-electron chi connectivity index (χ2n) is 9.19. The molecule has 1 aliphatic rings. The highest BCUT2D eigenvalue weighted by atomic mass is 16.5. The number of aryl methyl sites for hydroxylation is 3. The molecule has 4 aromatic rings. The fourth-order valence-electron chi connectivity index (χ4n) is 4.31. The number of carbonyl (C=O) groups excluding carboxylic acids is 2. The highest BCUT2D eigenvalue weighted by molar-refractivity contribution is 6.07. The summed E-state index contributed by atoms with van der Waals surface area (Å²) in [7, 11) is 0. The molecule has 3 aromatic carbocycles. The predicted molar refractivity (Wildman–Crippen MR) is 138 cm³/mol. The first kappa shape index (κ1) is 23.5. The quantitative estimate of drug-likeness (QED) is 0.410. The summed E-state index contributed by atoms with van der Waals surface area (Å²) in [6, 6.07) is 21.6. The Morgan fingerprint density at radius 2 is 1.69 bits per heavy atom. The fourth-order valence-corrected chi connectivity index (χ4v) is 4.31. The van der Waals surface area contributed by atoms with Gasteiger partial charge in [-0.15, -0.1) is 0 Å². The van der Waals surface area contributed by atoms with Crippen LogP contribution in [-0.4, -0.2) is 28.5 Å². The third-order valence-corrected chi connectivity index (χ3v) is 6.42. The molecule has 2 heterocycles. The van der Waals surface area contributed by atoms with E-state index in [2.05, 4.69) is 21.5 Å². The lowest BCUT2D eigenvalue weighted by molar-refractivity contribution is -0.121. The number of carbonyl (C=O) groups is 2. The summed E-state index contributed by atoms with van der Waals surface area (Å²) in [4.78, 5) is 31.6. The molecule has 7 nitrogen and oxygen atoms in total. The molecule has 1 aromatic heterocycles. The van der Waals surface area contributed by atoms with E-state index in [1.165, 1.54) is 0 Å². The molecule has 0 aliphatic carbocycles. The number of amides is 2. The molecule has 5 rings (SSSR count). The topological polar surface area (TPSA) is 88.3 Å². The van der Waals surface area contributed by atoms with E-state index >= 15 is 0 Å². The first-order valence-electron chi connectivity index (χ1n) is 12.1. The van der Waals surface area contributed by atoms with Gasteiger partial charge in [0.1, 0.15) is 0 Å². The molecule has 7 heteroatoms. The van der Waals surface area contributed by atoms with Crippen LogP contribution in [0.5, 0.6) is 0 Å². The molecule has 2 amide bonds. The molecule has 0 saturated carbocycles. The molecule has 0 saturated heterocycles. The van der Waals surface area contributed by atoms with Gasteiger partial charge in [-0.25, -0.2) is 0 Å². The number of nitrogens with one attached hydrogen (secondary N) is 1. The summed E-state index contributed by atoms with van der Waals surface area (Å²) in [6.07, 6.45) is 1.44. The van der Waals surface area contributed by atoms with Crippen LogP contribution >= 0.6 is 0 Å². The van der Waals surface area contributed by atoms with Gasteiger partial charge in [-0.1, -0.05) is 64.8 Å². The third kappa shape index (κ3) is 5.20. The van der Waals surface area contributed by atoms with E-state index in [-0.39, 0.29) is 18.2 Å². The van der Waals surface area contributed by atoms with Crippen LogP contribution in [0.25, 0.3) is 11.4 Å². The van der Waals surface area contributed by atoms with Crippen molar-refractivity contribution < 1.29 is 14.1 Å². The summed E-state index contributed by atoms with van der Waals surface area (Å²) in [5.41, 5.74) is 6.94. The fraction of sp³-hybridized carbons (Fsp3) is 0.241. The monoisotopic (exact) mass is 480 g/mol. The molecule has 0 radical (unpaired) electrons. The molecular weight excluding hydrogens is 452 g/mol. The van der Waals surface area contributed by atoms with Crippen LogP contribution in [0.1, 0.15) is 44.9 Å². The highest BCUT2D eigenvalue weighted by Gasteiger charge is 2.25. The average molecular weight is 481 g/mol. The molecule has 0 fully saturated rings. The van der Waals surface area contributed by atoms with Gasteiger partial charge in [-0.3, -0.25) is 9.59 Å². The molecular formula is C29H28N4O3. The first-order chi connectivity index (χ1) is 17.5. The van der Waals surface area contributed by atoms with Crippen molar-refractivity contribution in [2.24, 2.45) is 0 Å². The lowest BCUT2D eigenvalue weighted by Gasteiger charge is -2.18. The van der Waals surface area contributed by atoms with Crippen molar-refractivity contribution in [3.05, 3.63) is 100 Å². The number of anilines is 1. The predicted octanol–water partition coefficient (Wildman–Crippen LogP) is 4.81. The number of rotatable bonds is 7. The zero-order chi connectivity index (χ0) is 25.1. The first-order valence-corrected chi connectivity index (χ1v) is 12.1. The van der Waals surface area contributed by atoms with Gasteiger partial charge >= 0.3 is 0 Å². The largest absolute Gasteiger partial charge is 0.352 e. The van der Waals surface area contributed by atoms with E-state index in [0.29, 0.717) is 36.8 Å². The molecule has 182 valence electrons. The van der Waals surface area contributed by atoms with Crippen LogP contribution in [0.3, 0.4) is 0 Å². The Bertz CT molecular complexity index is 1390. The maximum Gasteiger partial charge on any atom is 0.258 e. The zero-order valence-corrected chi connectivity index (χ0v) is 20.5. The van der Waals surface area contributed by atoms with E-state index in [1.807, 2.05) is 79.4 Å². The summed E-state index contributed by atoms with van der Waals surface area (Å²) >= 11 is 0. The van der Waals surface area contributed by atoms with E-state index in [1.54, 1.807) is 0 Å². The van der Waals surface area contributed by atoms with Crippen molar-refractivity contribution in [3.8, 4) is 11.4 Å². The van der Waals surface area contributed by atoms with Gasteiger partial charge in [-0.05, 0) is 49.6 Å². The van der Waals surface area contributed by atoms with Gasteiger partial charge in [-0.2, -0.15) is 4.98 Å². The van der Waals surface area contributed by atoms with Gasteiger partial charge in [0.05, 0.1) is 0 Å². The van der Waals surface area contributed by atoms with Gasteiger partial charge in [0.15, 0.2) is 0 Å². The molecule has 1 N–H and O–H groups in total. The second kappa shape index (κ2) is 10.2. The van der Waals surface area contributed by atoms with Crippen LogP contribution < -0.4 is 10.2 Å². The number of benzene rings is 3. The van der Waals surface area contributed by atoms with Crippen molar-refractivity contribution >= 4 is 17.5 Å². The van der Waals surface area contributed by atoms with Crippen molar-refractivity contribution in [1.82, 2.24) is 15.5 Å². The third-order valence-electron chi connectivity index (χ3n) is 6.42. The summed E-state index contributed by atoms with van der Waals surface area (Å²) in [5, 5.41) is 6.98. The molecule has 36 heavy (non-hydrogen) atoms. The number of aromatic nitrogens is 2. The maximum atomic E-state index is 13.0. The van der Waals surface area contributed by atoms with E-state index in [9.17, 15) is 9.59 Å². The zero-order valence-electron chi connectivity index (χ0n) is 20.5. The Morgan fingerprint density at radius 1 is 0.972 bits per heavy atom. The molecule has 0 atom stereocenters. The summed E-state index contributed by atoms with van der Waals surface area (Å²) in [5.74, 6) is 0.901. The van der Waals surface area contributed by atoms with Crippen molar-refractivity contribution in [1.29, 1.82) is 0 Å². The molecule has 0 spiro atoms. The minimum Gasteiger partial charge on any atom is -0.352 e. The highest BCUT2D eigenvalue weighted by Crippen LogP contribution is 2.30. The Kier molecular flexibility index (Phi) is 6.62. The van der Waals surface area contributed by atoms with Crippen LogP contribution in [0.2, 0.25) is 0 Å². The minimum absolute atomic E-state index is 0.0152. The van der Waals surface area contributed by atoms with Crippen molar-refractivity contribution in [2.45, 2.75) is 39.7 Å². The summed E-state index contributed by atoms with van der Waals surface area (Å²) in [6.45, 7) is 5.12. The maximum absolute atomic E-state index is 13.0. The second-order valence-corrected chi connectivity index (χ2v) is 9.19. The molecule has 1 aliphatic heterocycles. The molecule has 0 bridgehead atoms. The Balaban J connectivity index is 1.13. The van der Waals surface area contributed by atoms with Gasteiger partial charge in [0.2, 0.25) is 17.6 Å². The number of nitrogens with zero attached hydrogens (tertiary/aromatic N) is 3. The van der Waals surface area contributed by atoms with Crippen molar-refractivity contribution in [3.63, 3.8) is 0 Å². The van der Waals surface area contributed by atoms with Crippen LogP contribution in [0.4, 0.5) is 5.69 Å². The van der Waals surface area contributed by atoms with Crippen LogP contribution in [-0.2, 0) is 24.2 Å². The minimum atomic E-state index is -0.0817. The van der Waals surface area contributed by atoms with E-state index in [0.717, 1.165) is 39.9 Å². The average Bonchev–Trinajstić information content (AvgIpc) is 3.54. The lowest BCUT2D eigenvalue weighted by atomic mass is 10.1. The normalized spacial score (nSPS) is 12.4. The van der Waals surface area contributed by atoms with Crippen LogP contribution in [0.15, 0.2) is 71.3 Å². The smallest absolute Gasteiger partial charge is 0.258 e. The van der Waals surface area contributed by atoms with Gasteiger partial charge in [0, 0.05) is 42.7 Å². The number of hydrogen-bond acceptors (Lipinski definition) is 5. The van der Waals surface area contributed by atoms with Crippen LogP contribution in [0, 0.1) is 13.8 Å².